The largest absolute Gasteiger partial charge is 0.445 e. The number of halogens is 3. The first-order chi connectivity index (χ1) is 15.3. The van der Waals surface area contributed by atoms with Gasteiger partial charge in [0.05, 0.1) is 6.04 Å². The molecular formula is C26H22F3NO2. The number of benzene rings is 3. The fourth-order valence-corrected chi connectivity index (χ4v) is 4.24. The van der Waals surface area contributed by atoms with E-state index in [2.05, 4.69) is 6.58 Å². The average Bonchev–Trinajstić information content (AvgIpc) is 3.09. The van der Waals surface area contributed by atoms with Gasteiger partial charge in [-0.25, -0.2) is 18.0 Å². The molecule has 1 heterocycles. The first kappa shape index (κ1) is 21.7. The molecule has 3 aromatic rings. The average molecular weight is 437 g/mol. The Hall–Kier alpha value is -3.54. The lowest BCUT2D eigenvalue weighted by atomic mass is 9.84. The highest BCUT2D eigenvalue weighted by molar-refractivity contribution is 5.71. The van der Waals surface area contributed by atoms with Crippen molar-refractivity contribution < 1.29 is 22.7 Å². The summed E-state index contributed by atoms with van der Waals surface area (Å²) in [6.45, 7) is 6.00. The van der Waals surface area contributed by atoms with Crippen LogP contribution in [0, 0.1) is 24.4 Å². The second-order valence-electron chi connectivity index (χ2n) is 7.95. The monoisotopic (exact) mass is 437 g/mol. The normalized spacial score (nSPS) is 18.1. The van der Waals surface area contributed by atoms with Gasteiger partial charge in [0.2, 0.25) is 0 Å². The van der Waals surface area contributed by atoms with E-state index in [4.69, 9.17) is 4.74 Å². The van der Waals surface area contributed by atoms with Gasteiger partial charge in [0.25, 0.3) is 0 Å². The number of carbonyl (C=O) groups is 1. The number of likely N-dealkylation sites (tertiary alicyclic amines) is 1. The number of amides is 1. The number of rotatable bonds is 4. The molecule has 0 spiro atoms. The zero-order valence-corrected chi connectivity index (χ0v) is 17.5. The zero-order valence-electron chi connectivity index (χ0n) is 17.5. The van der Waals surface area contributed by atoms with Gasteiger partial charge < -0.3 is 4.74 Å². The molecule has 0 unspecified atom stereocenters. The Morgan fingerprint density at radius 3 is 2.38 bits per heavy atom. The van der Waals surface area contributed by atoms with Crippen molar-refractivity contribution >= 4 is 6.09 Å². The lowest BCUT2D eigenvalue weighted by molar-refractivity contribution is 0.0907. The molecule has 1 amide bonds. The van der Waals surface area contributed by atoms with Gasteiger partial charge >= 0.3 is 6.09 Å². The van der Waals surface area contributed by atoms with Crippen molar-refractivity contribution in [1.29, 1.82) is 0 Å². The Balaban J connectivity index is 1.72. The minimum atomic E-state index is -1.01. The second-order valence-corrected chi connectivity index (χ2v) is 7.95. The molecule has 1 aliphatic heterocycles. The number of aryl methyl sites for hydroxylation is 1. The highest BCUT2D eigenvalue weighted by Gasteiger charge is 2.44. The van der Waals surface area contributed by atoms with E-state index in [-0.39, 0.29) is 18.7 Å². The molecule has 0 saturated carbocycles. The van der Waals surface area contributed by atoms with Gasteiger partial charge in [0.1, 0.15) is 24.1 Å². The summed E-state index contributed by atoms with van der Waals surface area (Å²) in [5, 5.41) is 0. The van der Waals surface area contributed by atoms with Gasteiger partial charge in [-0.15, -0.1) is 0 Å². The molecule has 1 fully saturated rings. The maximum absolute atomic E-state index is 14.7. The van der Waals surface area contributed by atoms with E-state index < -0.39 is 35.5 Å². The van der Waals surface area contributed by atoms with Crippen LogP contribution >= 0.6 is 0 Å². The van der Waals surface area contributed by atoms with E-state index in [0.29, 0.717) is 23.3 Å². The molecule has 1 saturated heterocycles. The SMILES string of the molecule is C=C1CN(C(=O)OCc2ccccc2)[C@@H](c2cccc(C)c2)[C@H]1c1c(F)cc(F)cc1F. The van der Waals surface area contributed by atoms with Gasteiger partial charge in [-0.3, -0.25) is 4.90 Å². The summed E-state index contributed by atoms with van der Waals surface area (Å²) in [7, 11) is 0. The number of hydrogen-bond donors (Lipinski definition) is 0. The first-order valence-corrected chi connectivity index (χ1v) is 10.2. The molecule has 0 bridgehead atoms. The fourth-order valence-electron chi connectivity index (χ4n) is 4.24. The molecule has 0 aromatic heterocycles. The van der Waals surface area contributed by atoms with Gasteiger partial charge in [-0.1, -0.05) is 66.7 Å². The molecule has 164 valence electrons. The predicted octanol–water partition coefficient (Wildman–Crippen LogP) is 6.45. The van der Waals surface area contributed by atoms with Crippen molar-refractivity contribution in [3.63, 3.8) is 0 Å². The van der Waals surface area contributed by atoms with Gasteiger partial charge in [0.15, 0.2) is 0 Å². The molecule has 3 nitrogen and oxygen atoms in total. The summed E-state index contributed by atoms with van der Waals surface area (Å²) in [5.41, 5.74) is 2.57. The predicted molar refractivity (Wildman–Crippen MR) is 115 cm³/mol. The van der Waals surface area contributed by atoms with Crippen molar-refractivity contribution in [2.45, 2.75) is 25.5 Å². The lowest BCUT2D eigenvalue weighted by Crippen LogP contribution is -2.32. The minimum absolute atomic E-state index is 0.0626. The molecular weight excluding hydrogens is 415 g/mol. The summed E-state index contributed by atoms with van der Waals surface area (Å²) in [5.74, 6) is -3.91. The molecule has 32 heavy (non-hydrogen) atoms. The van der Waals surface area contributed by atoms with Crippen LogP contribution in [0.25, 0.3) is 0 Å². The molecule has 0 N–H and O–H groups in total. The van der Waals surface area contributed by atoms with Crippen LogP contribution < -0.4 is 0 Å². The maximum Gasteiger partial charge on any atom is 0.410 e. The van der Waals surface area contributed by atoms with E-state index in [0.717, 1.165) is 11.1 Å². The van der Waals surface area contributed by atoms with Crippen LogP contribution in [0.3, 0.4) is 0 Å². The molecule has 0 radical (unpaired) electrons. The Bertz CT molecular complexity index is 1140. The zero-order chi connectivity index (χ0) is 22.8. The van der Waals surface area contributed by atoms with Crippen LogP contribution in [-0.2, 0) is 11.3 Å². The highest BCUT2D eigenvalue weighted by atomic mass is 19.1. The number of ether oxygens (including phenoxy) is 1. The van der Waals surface area contributed by atoms with Crippen molar-refractivity contribution in [1.82, 2.24) is 4.90 Å². The summed E-state index contributed by atoms with van der Waals surface area (Å²) in [6.07, 6.45) is -0.619. The minimum Gasteiger partial charge on any atom is -0.445 e. The molecule has 2 atom stereocenters. The van der Waals surface area contributed by atoms with Crippen LogP contribution in [0.5, 0.6) is 0 Å². The highest BCUT2D eigenvalue weighted by Crippen LogP contribution is 2.48. The Morgan fingerprint density at radius 2 is 1.72 bits per heavy atom. The van der Waals surface area contributed by atoms with E-state index >= 15 is 0 Å². The smallest absolute Gasteiger partial charge is 0.410 e. The quantitative estimate of drug-likeness (QED) is 0.439. The lowest BCUT2D eigenvalue weighted by Gasteiger charge is -2.28. The molecule has 1 aliphatic rings. The summed E-state index contributed by atoms with van der Waals surface area (Å²) in [4.78, 5) is 14.5. The topological polar surface area (TPSA) is 29.5 Å². The summed E-state index contributed by atoms with van der Waals surface area (Å²) >= 11 is 0. The first-order valence-electron chi connectivity index (χ1n) is 10.2. The standard InChI is InChI=1S/C26H22F3NO2/c1-16-7-6-10-19(11-16)25-23(24-21(28)12-20(27)13-22(24)29)17(2)14-30(25)26(31)32-15-18-8-4-3-5-9-18/h3-13,23,25H,2,14-15H2,1H3/t23-,25+/m1/s1. The van der Waals surface area contributed by atoms with Crippen LogP contribution in [0.2, 0.25) is 0 Å². The number of hydrogen-bond acceptors (Lipinski definition) is 2. The van der Waals surface area contributed by atoms with Gasteiger partial charge in [0, 0.05) is 30.2 Å². The van der Waals surface area contributed by atoms with Crippen LogP contribution in [0.4, 0.5) is 18.0 Å². The molecule has 4 rings (SSSR count). The van der Waals surface area contributed by atoms with Crippen LogP contribution in [-0.4, -0.2) is 17.5 Å². The third-order valence-electron chi connectivity index (χ3n) is 5.64. The van der Waals surface area contributed by atoms with E-state index in [1.165, 1.54) is 4.90 Å². The Labute approximate surface area is 184 Å². The van der Waals surface area contributed by atoms with E-state index in [9.17, 15) is 18.0 Å². The number of nitrogens with zero attached hydrogens (tertiary/aromatic N) is 1. The van der Waals surface area contributed by atoms with Gasteiger partial charge in [-0.05, 0) is 23.6 Å². The van der Waals surface area contributed by atoms with Crippen molar-refractivity contribution in [3.05, 3.63) is 119 Å². The van der Waals surface area contributed by atoms with Gasteiger partial charge in [-0.2, -0.15) is 0 Å². The van der Waals surface area contributed by atoms with Crippen molar-refractivity contribution in [3.8, 4) is 0 Å². The third kappa shape index (κ3) is 4.26. The van der Waals surface area contributed by atoms with Crippen molar-refractivity contribution in [2.24, 2.45) is 0 Å². The molecule has 3 aromatic carbocycles. The molecule has 6 heteroatoms. The van der Waals surface area contributed by atoms with Crippen LogP contribution in [0.15, 0.2) is 78.9 Å². The second kappa shape index (κ2) is 8.91. The Kier molecular flexibility index (Phi) is 6.04. The third-order valence-corrected chi connectivity index (χ3v) is 5.64. The Morgan fingerprint density at radius 1 is 1.03 bits per heavy atom. The number of carbonyl (C=O) groups excluding carboxylic acids is 1. The summed E-state index contributed by atoms with van der Waals surface area (Å²) in [6, 6.07) is 17.1. The summed E-state index contributed by atoms with van der Waals surface area (Å²) < 4.78 is 48.5. The maximum atomic E-state index is 14.7. The van der Waals surface area contributed by atoms with Crippen molar-refractivity contribution in [2.75, 3.05) is 6.54 Å². The fraction of sp³-hybridized carbons (Fsp3) is 0.192. The van der Waals surface area contributed by atoms with Crippen LogP contribution in [0.1, 0.15) is 34.2 Å². The molecule has 0 aliphatic carbocycles. The van der Waals surface area contributed by atoms with E-state index in [1.54, 1.807) is 6.07 Å². The van der Waals surface area contributed by atoms with E-state index in [1.807, 2.05) is 55.5 Å².